The third-order valence-corrected chi connectivity index (χ3v) is 3.23. The Morgan fingerprint density at radius 3 is 2.94 bits per heavy atom. The number of carboxylic acid groups (broad SMARTS) is 1. The van der Waals surface area contributed by atoms with Gasteiger partial charge in [0.05, 0.1) is 7.11 Å². The van der Waals surface area contributed by atoms with Gasteiger partial charge in [0, 0.05) is 29.0 Å². The molecule has 1 aliphatic carbocycles. The molecule has 1 aromatic carbocycles. The Bertz CT molecular complexity index is 664. The minimum absolute atomic E-state index is 0.431. The molecule has 4 heteroatoms. The topological polar surface area (TPSA) is 59.7 Å². The van der Waals surface area contributed by atoms with Crippen LogP contribution in [0.5, 0.6) is 5.75 Å². The van der Waals surface area contributed by atoms with Crippen molar-refractivity contribution < 1.29 is 19.1 Å². The van der Waals surface area contributed by atoms with Crippen LogP contribution in [-0.2, 0) is 11.2 Å². The van der Waals surface area contributed by atoms with E-state index in [-0.39, 0.29) is 0 Å². The van der Waals surface area contributed by atoms with E-state index in [9.17, 15) is 4.79 Å². The van der Waals surface area contributed by atoms with Crippen LogP contribution in [-0.4, -0.2) is 18.2 Å². The molecule has 1 aromatic heterocycles. The predicted molar refractivity (Wildman–Crippen MR) is 66.7 cm³/mol. The van der Waals surface area contributed by atoms with E-state index in [0.29, 0.717) is 18.4 Å². The molecule has 18 heavy (non-hydrogen) atoms. The highest BCUT2D eigenvalue weighted by molar-refractivity contribution is 5.98. The summed E-state index contributed by atoms with van der Waals surface area (Å²) in [5.41, 5.74) is 2.06. The van der Waals surface area contributed by atoms with Crippen LogP contribution in [0.2, 0.25) is 0 Å². The first-order valence-electron chi connectivity index (χ1n) is 5.72. The smallest absolute Gasteiger partial charge is 0.331 e. The standard InChI is InChI=1S/C14H12O4/c1-17-9-3-4-10-11-6-8(14(15)16)2-5-12(11)18-13(10)7-9/h3-4,6-7H,2,5H2,1H3,(H,15,16). The summed E-state index contributed by atoms with van der Waals surface area (Å²) in [6.45, 7) is 0. The molecule has 0 saturated carbocycles. The van der Waals surface area contributed by atoms with E-state index < -0.39 is 5.97 Å². The van der Waals surface area contributed by atoms with Crippen LogP contribution in [0.15, 0.2) is 28.2 Å². The molecule has 0 atom stereocenters. The van der Waals surface area contributed by atoms with E-state index in [0.717, 1.165) is 28.0 Å². The molecule has 1 N–H and O–H groups in total. The Hall–Kier alpha value is -2.23. The third kappa shape index (κ3) is 1.57. The minimum atomic E-state index is -0.858. The molecule has 0 unspecified atom stereocenters. The van der Waals surface area contributed by atoms with E-state index in [1.807, 2.05) is 18.2 Å². The first-order valence-corrected chi connectivity index (χ1v) is 5.72. The number of furan rings is 1. The average Bonchev–Trinajstić information content (AvgIpc) is 2.74. The van der Waals surface area contributed by atoms with Gasteiger partial charge in [-0.2, -0.15) is 0 Å². The lowest BCUT2D eigenvalue weighted by molar-refractivity contribution is -0.132. The zero-order valence-electron chi connectivity index (χ0n) is 9.90. The molecular formula is C14H12O4. The molecule has 0 fully saturated rings. The maximum atomic E-state index is 11.0. The number of hydrogen-bond donors (Lipinski definition) is 1. The highest BCUT2D eigenvalue weighted by Gasteiger charge is 2.21. The van der Waals surface area contributed by atoms with Gasteiger partial charge in [0.15, 0.2) is 0 Å². The van der Waals surface area contributed by atoms with Gasteiger partial charge in [0.25, 0.3) is 0 Å². The summed E-state index contributed by atoms with van der Waals surface area (Å²) in [4.78, 5) is 11.0. The Labute approximate surface area is 103 Å². The lowest BCUT2D eigenvalue weighted by Crippen LogP contribution is -2.05. The molecule has 0 radical (unpaired) electrons. The normalized spacial score (nSPS) is 14.2. The van der Waals surface area contributed by atoms with Crippen LogP contribution in [0.4, 0.5) is 0 Å². The molecular weight excluding hydrogens is 232 g/mol. The number of carboxylic acids is 1. The molecule has 0 amide bonds. The summed E-state index contributed by atoms with van der Waals surface area (Å²) in [7, 11) is 1.60. The van der Waals surface area contributed by atoms with E-state index >= 15 is 0 Å². The average molecular weight is 244 g/mol. The van der Waals surface area contributed by atoms with E-state index in [2.05, 4.69) is 0 Å². The quantitative estimate of drug-likeness (QED) is 0.882. The van der Waals surface area contributed by atoms with Crippen molar-refractivity contribution in [1.29, 1.82) is 0 Å². The van der Waals surface area contributed by atoms with Crippen LogP contribution in [0, 0.1) is 0 Å². The van der Waals surface area contributed by atoms with E-state index in [1.165, 1.54) is 0 Å². The van der Waals surface area contributed by atoms with Crippen molar-refractivity contribution in [3.63, 3.8) is 0 Å². The number of fused-ring (bicyclic) bond motifs is 3. The van der Waals surface area contributed by atoms with Crippen LogP contribution in [0.25, 0.3) is 17.0 Å². The summed E-state index contributed by atoms with van der Waals surface area (Å²) >= 11 is 0. The lowest BCUT2D eigenvalue weighted by atomic mass is 9.96. The Balaban J connectivity index is 2.20. The molecule has 0 bridgehead atoms. The summed E-state index contributed by atoms with van der Waals surface area (Å²) in [5, 5.41) is 9.97. The van der Waals surface area contributed by atoms with E-state index in [1.54, 1.807) is 13.2 Å². The zero-order valence-corrected chi connectivity index (χ0v) is 9.90. The summed E-state index contributed by atoms with van der Waals surface area (Å²) in [6, 6.07) is 5.57. The number of aryl methyl sites for hydroxylation is 1. The monoisotopic (exact) mass is 244 g/mol. The summed E-state index contributed by atoms with van der Waals surface area (Å²) in [5.74, 6) is 0.725. The molecule has 3 rings (SSSR count). The molecule has 4 nitrogen and oxygen atoms in total. The molecule has 0 saturated heterocycles. The van der Waals surface area contributed by atoms with Gasteiger partial charge in [-0.1, -0.05) is 0 Å². The first kappa shape index (κ1) is 10.9. The van der Waals surface area contributed by atoms with E-state index in [4.69, 9.17) is 14.3 Å². The van der Waals surface area contributed by atoms with Gasteiger partial charge < -0.3 is 14.3 Å². The molecule has 2 aromatic rings. The van der Waals surface area contributed by atoms with Gasteiger partial charge in [0.2, 0.25) is 0 Å². The second kappa shape index (κ2) is 3.91. The van der Waals surface area contributed by atoms with Gasteiger partial charge in [0.1, 0.15) is 17.1 Å². The Morgan fingerprint density at radius 2 is 2.22 bits per heavy atom. The Morgan fingerprint density at radius 1 is 1.39 bits per heavy atom. The van der Waals surface area contributed by atoms with Crippen LogP contribution in [0.1, 0.15) is 17.7 Å². The van der Waals surface area contributed by atoms with Crippen molar-refractivity contribution in [3.05, 3.63) is 35.1 Å². The lowest BCUT2D eigenvalue weighted by Gasteiger charge is -2.08. The van der Waals surface area contributed by atoms with Crippen LogP contribution in [0.3, 0.4) is 0 Å². The van der Waals surface area contributed by atoms with Crippen molar-refractivity contribution >= 4 is 23.0 Å². The second-order valence-electron chi connectivity index (χ2n) is 4.28. The summed E-state index contributed by atoms with van der Waals surface area (Å²) in [6.07, 6.45) is 2.85. The molecule has 92 valence electrons. The molecule has 1 aliphatic rings. The molecule has 0 spiro atoms. The number of rotatable bonds is 2. The second-order valence-corrected chi connectivity index (χ2v) is 4.28. The molecule has 0 aliphatic heterocycles. The Kier molecular flexibility index (Phi) is 2.37. The number of ether oxygens (including phenoxy) is 1. The van der Waals surface area contributed by atoms with Gasteiger partial charge >= 0.3 is 5.97 Å². The van der Waals surface area contributed by atoms with Gasteiger partial charge in [-0.3, -0.25) is 0 Å². The van der Waals surface area contributed by atoms with Crippen molar-refractivity contribution in [2.24, 2.45) is 0 Å². The highest BCUT2D eigenvalue weighted by Crippen LogP contribution is 2.34. The van der Waals surface area contributed by atoms with Crippen LogP contribution < -0.4 is 4.74 Å². The zero-order chi connectivity index (χ0) is 12.7. The number of benzene rings is 1. The first-order chi connectivity index (χ1) is 8.69. The van der Waals surface area contributed by atoms with Gasteiger partial charge in [-0.15, -0.1) is 0 Å². The maximum absolute atomic E-state index is 11.0. The van der Waals surface area contributed by atoms with Crippen molar-refractivity contribution in [3.8, 4) is 5.75 Å². The number of aliphatic carboxylic acids is 1. The fraction of sp³-hybridized carbons (Fsp3) is 0.214. The van der Waals surface area contributed by atoms with Crippen molar-refractivity contribution in [1.82, 2.24) is 0 Å². The third-order valence-electron chi connectivity index (χ3n) is 3.23. The number of carbonyl (C=O) groups is 1. The number of hydrogen-bond acceptors (Lipinski definition) is 3. The maximum Gasteiger partial charge on any atom is 0.331 e. The fourth-order valence-electron chi connectivity index (χ4n) is 2.28. The largest absolute Gasteiger partial charge is 0.497 e. The number of methoxy groups -OCH3 is 1. The minimum Gasteiger partial charge on any atom is -0.497 e. The van der Waals surface area contributed by atoms with Crippen molar-refractivity contribution in [2.45, 2.75) is 12.8 Å². The van der Waals surface area contributed by atoms with Gasteiger partial charge in [-0.05, 0) is 24.6 Å². The van der Waals surface area contributed by atoms with Crippen LogP contribution >= 0.6 is 0 Å². The SMILES string of the molecule is COc1ccc2c3c(oc2c1)CCC(C(=O)O)=C3. The summed E-state index contributed by atoms with van der Waals surface area (Å²) < 4.78 is 10.9. The highest BCUT2D eigenvalue weighted by atomic mass is 16.5. The predicted octanol–water partition coefficient (Wildman–Crippen LogP) is 2.86. The van der Waals surface area contributed by atoms with Gasteiger partial charge in [-0.25, -0.2) is 4.79 Å². The van der Waals surface area contributed by atoms with Crippen molar-refractivity contribution in [2.75, 3.05) is 7.11 Å². The fourth-order valence-corrected chi connectivity index (χ4v) is 2.28. The molecule has 1 heterocycles.